The van der Waals surface area contributed by atoms with Crippen LogP contribution in [-0.4, -0.2) is 32.1 Å². The molecule has 1 aromatic heterocycles. The third-order valence-corrected chi connectivity index (χ3v) is 6.35. The first-order chi connectivity index (χ1) is 15.2. The molecule has 7 nitrogen and oxygen atoms in total. The molecule has 0 saturated heterocycles. The molecule has 4 N–H and O–H groups in total. The standard InChI is InChI=1S/C25H30N4O3/c1-15-16(2)28-29(18-8-6-5-7-9-18)23(15)27-24(32)26-22-19-12-17(14-30)10-11-20(19)25(3,4)13-21(22)31/h5-12,21-22,30-31H,13-14H2,1-4H3,(H2,26,27,32)/t21?,22-/m1/s1. The van der Waals surface area contributed by atoms with E-state index in [0.29, 0.717) is 12.2 Å². The fraction of sp³-hybridized carbons (Fsp3) is 0.360. The molecule has 2 atom stereocenters. The summed E-state index contributed by atoms with van der Waals surface area (Å²) in [4.78, 5) is 13.1. The van der Waals surface area contributed by atoms with Crippen LogP contribution < -0.4 is 10.6 Å². The van der Waals surface area contributed by atoms with E-state index in [2.05, 4.69) is 29.6 Å². The Hall–Kier alpha value is -3.16. The summed E-state index contributed by atoms with van der Waals surface area (Å²) in [6.07, 6.45) is -0.234. The van der Waals surface area contributed by atoms with Gasteiger partial charge in [-0.05, 0) is 54.5 Å². The molecule has 1 unspecified atom stereocenters. The number of fused-ring (bicyclic) bond motifs is 1. The molecule has 2 aromatic carbocycles. The van der Waals surface area contributed by atoms with E-state index in [9.17, 15) is 15.0 Å². The Morgan fingerprint density at radius 2 is 1.91 bits per heavy atom. The number of amides is 2. The molecule has 32 heavy (non-hydrogen) atoms. The number of nitrogens with zero attached hydrogens (tertiary/aromatic N) is 2. The molecule has 0 bridgehead atoms. The summed E-state index contributed by atoms with van der Waals surface area (Å²) < 4.78 is 1.71. The van der Waals surface area contributed by atoms with E-state index in [1.54, 1.807) is 4.68 Å². The van der Waals surface area contributed by atoms with Crippen molar-refractivity contribution in [3.05, 3.63) is 76.5 Å². The number of aliphatic hydroxyl groups is 2. The Bertz CT molecular complexity index is 1140. The van der Waals surface area contributed by atoms with Gasteiger partial charge >= 0.3 is 6.03 Å². The maximum absolute atomic E-state index is 13.1. The van der Waals surface area contributed by atoms with Gasteiger partial charge in [-0.15, -0.1) is 0 Å². The summed E-state index contributed by atoms with van der Waals surface area (Å²) in [6.45, 7) is 7.87. The summed E-state index contributed by atoms with van der Waals surface area (Å²) in [6, 6.07) is 14.3. The number of aliphatic hydroxyl groups excluding tert-OH is 2. The van der Waals surface area contributed by atoms with Gasteiger partial charge < -0.3 is 15.5 Å². The number of urea groups is 1. The van der Waals surface area contributed by atoms with E-state index in [1.165, 1.54) is 0 Å². The highest BCUT2D eigenvalue weighted by molar-refractivity contribution is 5.90. The minimum Gasteiger partial charge on any atom is -0.392 e. The maximum atomic E-state index is 13.1. The van der Waals surface area contributed by atoms with Gasteiger partial charge in [-0.1, -0.05) is 50.2 Å². The Morgan fingerprint density at radius 3 is 2.59 bits per heavy atom. The van der Waals surface area contributed by atoms with E-state index in [0.717, 1.165) is 33.6 Å². The second kappa shape index (κ2) is 8.41. The van der Waals surface area contributed by atoms with Crippen LogP contribution in [-0.2, 0) is 12.0 Å². The third-order valence-electron chi connectivity index (χ3n) is 6.35. The zero-order valence-corrected chi connectivity index (χ0v) is 18.9. The molecule has 0 aliphatic heterocycles. The Labute approximate surface area is 188 Å². The highest BCUT2D eigenvalue weighted by Gasteiger charge is 2.39. The molecule has 7 heteroatoms. The lowest BCUT2D eigenvalue weighted by molar-refractivity contribution is 0.0881. The van der Waals surface area contributed by atoms with Gasteiger partial charge in [0.2, 0.25) is 0 Å². The zero-order valence-electron chi connectivity index (χ0n) is 18.9. The molecule has 0 spiro atoms. The van der Waals surface area contributed by atoms with E-state index >= 15 is 0 Å². The largest absolute Gasteiger partial charge is 0.392 e. The molecule has 3 aromatic rings. The predicted molar refractivity (Wildman–Crippen MR) is 124 cm³/mol. The number of carbonyl (C=O) groups is 1. The van der Waals surface area contributed by atoms with Crippen LogP contribution in [0.1, 0.15) is 54.3 Å². The second-order valence-corrected chi connectivity index (χ2v) is 9.12. The topological polar surface area (TPSA) is 99.4 Å². The number of aromatic nitrogens is 2. The van der Waals surface area contributed by atoms with E-state index in [1.807, 2.05) is 62.4 Å². The van der Waals surface area contributed by atoms with Crippen LogP contribution in [0.25, 0.3) is 5.69 Å². The van der Waals surface area contributed by atoms with Crippen molar-refractivity contribution < 1.29 is 15.0 Å². The number of nitrogens with one attached hydrogen (secondary N) is 2. The van der Waals surface area contributed by atoms with Gasteiger partial charge in [0, 0.05) is 5.56 Å². The van der Waals surface area contributed by atoms with Gasteiger partial charge in [-0.3, -0.25) is 5.32 Å². The average Bonchev–Trinajstić information content (AvgIpc) is 3.05. The maximum Gasteiger partial charge on any atom is 0.320 e. The molecular formula is C25H30N4O3. The van der Waals surface area contributed by atoms with Crippen LogP contribution in [0.2, 0.25) is 0 Å². The van der Waals surface area contributed by atoms with Crippen LogP contribution in [0.5, 0.6) is 0 Å². The molecule has 1 aliphatic carbocycles. The van der Waals surface area contributed by atoms with Crippen LogP contribution in [0.4, 0.5) is 10.6 Å². The number of aryl methyl sites for hydroxylation is 1. The van der Waals surface area contributed by atoms with Crippen molar-refractivity contribution in [2.24, 2.45) is 0 Å². The quantitative estimate of drug-likeness (QED) is 0.501. The molecular weight excluding hydrogens is 404 g/mol. The van der Waals surface area contributed by atoms with Crippen molar-refractivity contribution in [1.82, 2.24) is 15.1 Å². The first-order valence-electron chi connectivity index (χ1n) is 10.8. The van der Waals surface area contributed by atoms with Gasteiger partial charge in [0.1, 0.15) is 5.82 Å². The van der Waals surface area contributed by atoms with E-state index in [4.69, 9.17) is 0 Å². The average molecular weight is 435 g/mol. The molecule has 0 fully saturated rings. The molecule has 4 rings (SSSR count). The number of anilines is 1. The summed E-state index contributed by atoms with van der Waals surface area (Å²) in [5.41, 5.74) is 4.94. The monoisotopic (exact) mass is 434 g/mol. The van der Waals surface area contributed by atoms with Crippen molar-refractivity contribution in [3.63, 3.8) is 0 Å². The number of hydrogen-bond acceptors (Lipinski definition) is 4. The molecule has 1 aliphatic rings. The van der Waals surface area contributed by atoms with Crippen molar-refractivity contribution in [2.45, 2.75) is 58.3 Å². The summed E-state index contributed by atoms with van der Waals surface area (Å²) in [5.74, 6) is 0.584. The molecule has 2 amide bonds. The SMILES string of the molecule is Cc1nn(-c2ccccc2)c(NC(=O)N[C@@H]2c3cc(CO)ccc3C(C)(C)CC2O)c1C. The molecule has 168 valence electrons. The first kappa shape index (κ1) is 22.0. The minimum absolute atomic E-state index is 0.0997. The first-order valence-corrected chi connectivity index (χ1v) is 10.8. The highest BCUT2D eigenvalue weighted by Crippen LogP contribution is 2.42. The fourth-order valence-electron chi connectivity index (χ4n) is 4.51. The van der Waals surface area contributed by atoms with Crippen molar-refractivity contribution in [2.75, 3.05) is 5.32 Å². The van der Waals surface area contributed by atoms with Gasteiger partial charge in [-0.2, -0.15) is 5.10 Å². The molecule has 0 saturated carbocycles. The Kier molecular flexibility index (Phi) is 5.79. The number of hydrogen-bond donors (Lipinski definition) is 4. The lowest BCUT2D eigenvalue weighted by Crippen LogP contribution is -2.45. The van der Waals surface area contributed by atoms with Crippen molar-refractivity contribution >= 4 is 11.8 Å². The lowest BCUT2D eigenvalue weighted by Gasteiger charge is -2.40. The number of carbonyl (C=O) groups excluding carboxylic acids is 1. The van der Waals surface area contributed by atoms with Gasteiger partial charge in [0.25, 0.3) is 0 Å². The summed E-state index contributed by atoms with van der Waals surface area (Å²) in [7, 11) is 0. The highest BCUT2D eigenvalue weighted by atomic mass is 16.3. The number of benzene rings is 2. The molecule has 0 radical (unpaired) electrons. The number of para-hydroxylation sites is 1. The number of rotatable bonds is 4. The normalized spacial score (nSPS) is 19.3. The third kappa shape index (κ3) is 4.01. The van der Waals surface area contributed by atoms with Crippen LogP contribution in [0.3, 0.4) is 0 Å². The van der Waals surface area contributed by atoms with Crippen LogP contribution in [0.15, 0.2) is 48.5 Å². The Morgan fingerprint density at radius 1 is 1.19 bits per heavy atom. The molecule has 1 heterocycles. The van der Waals surface area contributed by atoms with Gasteiger partial charge in [-0.25, -0.2) is 9.48 Å². The van der Waals surface area contributed by atoms with Crippen molar-refractivity contribution in [3.8, 4) is 5.69 Å². The summed E-state index contributed by atoms with van der Waals surface area (Å²) >= 11 is 0. The van der Waals surface area contributed by atoms with Crippen LogP contribution in [0, 0.1) is 13.8 Å². The van der Waals surface area contributed by atoms with E-state index in [-0.39, 0.29) is 12.0 Å². The summed E-state index contributed by atoms with van der Waals surface area (Å²) in [5, 5.41) is 31.0. The Balaban J connectivity index is 1.63. The van der Waals surface area contributed by atoms with Crippen molar-refractivity contribution in [1.29, 1.82) is 0 Å². The van der Waals surface area contributed by atoms with Gasteiger partial charge in [0.05, 0.1) is 30.1 Å². The lowest BCUT2D eigenvalue weighted by atomic mass is 9.69. The minimum atomic E-state index is -0.751. The zero-order chi connectivity index (χ0) is 23.0. The van der Waals surface area contributed by atoms with E-state index < -0.39 is 18.2 Å². The fourth-order valence-corrected chi connectivity index (χ4v) is 4.51. The predicted octanol–water partition coefficient (Wildman–Crippen LogP) is 3.89. The van der Waals surface area contributed by atoms with Crippen LogP contribution >= 0.6 is 0 Å². The van der Waals surface area contributed by atoms with Gasteiger partial charge in [0.15, 0.2) is 0 Å². The second-order valence-electron chi connectivity index (χ2n) is 9.12. The smallest absolute Gasteiger partial charge is 0.320 e.